The number of carboxylic acid groups (broad SMARTS) is 1. The lowest BCUT2D eigenvalue weighted by Crippen LogP contribution is -2.07. The van der Waals surface area contributed by atoms with Gasteiger partial charge in [-0.1, -0.05) is 72.3 Å². The average molecular weight is 505 g/mol. The summed E-state index contributed by atoms with van der Waals surface area (Å²) < 4.78 is 29.1. The van der Waals surface area contributed by atoms with Crippen LogP contribution >= 0.6 is 11.6 Å². The molecular formula is C29H23ClF2N2O2. The first-order valence-electron chi connectivity index (χ1n) is 11.2. The predicted octanol–water partition coefficient (Wildman–Crippen LogP) is 7.73. The van der Waals surface area contributed by atoms with Crippen molar-refractivity contribution < 1.29 is 18.7 Å². The second-order valence-electron chi connectivity index (χ2n) is 8.36. The van der Waals surface area contributed by atoms with Crippen LogP contribution in [0.15, 0.2) is 91.0 Å². The van der Waals surface area contributed by atoms with Crippen LogP contribution in [0.5, 0.6) is 0 Å². The summed E-state index contributed by atoms with van der Waals surface area (Å²) in [5.41, 5.74) is 3.36. The highest BCUT2D eigenvalue weighted by atomic mass is 35.5. The number of benzene rings is 3. The minimum Gasteiger partial charge on any atom is -0.478 e. The number of carbonyl (C=O) groups is 1. The van der Waals surface area contributed by atoms with Crippen molar-refractivity contribution in [3.63, 3.8) is 0 Å². The third-order valence-corrected chi connectivity index (χ3v) is 6.28. The average Bonchev–Trinajstić information content (AvgIpc) is 3.30. The van der Waals surface area contributed by atoms with Gasteiger partial charge < -0.3 is 10.1 Å². The Balaban J connectivity index is 1.78. The lowest BCUT2D eigenvalue weighted by molar-refractivity contribution is 0.0697. The Morgan fingerprint density at radius 1 is 1.14 bits per heavy atom. The molecule has 1 aromatic heterocycles. The fourth-order valence-corrected chi connectivity index (χ4v) is 4.19. The van der Waals surface area contributed by atoms with E-state index in [1.807, 2.05) is 37.3 Å². The number of hydrogen-bond acceptors (Lipinski definition) is 2. The van der Waals surface area contributed by atoms with Crippen molar-refractivity contribution in [2.75, 3.05) is 0 Å². The number of allylic oxidation sites excluding steroid dienone is 5. The quantitative estimate of drug-likeness (QED) is 0.190. The van der Waals surface area contributed by atoms with Crippen LogP contribution in [-0.2, 0) is 6.42 Å². The summed E-state index contributed by atoms with van der Waals surface area (Å²) >= 11 is 5.87. The lowest BCUT2D eigenvalue weighted by atomic mass is 9.91. The third-order valence-electron chi connectivity index (χ3n) is 5.99. The van der Waals surface area contributed by atoms with Gasteiger partial charge in [-0.25, -0.2) is 18.6 Å². The zero-order chi connectivity index (χ0) is 25.8. The molecule has 0 unspecified atom stereocenters. The molecule has 4 aromatic rings. The maximum atomic E-state index is 14.6. The monoisotopic (exact) mass is 504 g/mol. The number of nitrogens with one attached hydrogen (secondary N) is 1. The van der Waals surface area contributed by atoms with Crippen LogP contribution in [0, 0.1) is 11.6 Å². The number of carboxylic acids is 1. The van der Waals surface area contributed by atoms with Crippen LogP contribution < -0.4 is 0 Å². The van der Waals surface area contributed by atoms with Gasteiger partial charge in [0.15, 0.2) is 5.82 Å². The Bertz CT molecular complexity index is 1510. The molecule has 0 radical (unpaired) electrons. The Kier molecular flexibility index (Phi) is 7.46. The van der Waals surface area contributed by atoms with E-state index in [2.05, 4.69) is 16.5 Å². The fourth-order valence-electron chi connectivity index (χ4n) is 4.03. The van der Waals surface area contributed by atoms with Crippen molar-refractivity contribution >= 4 is 34.2 Å². The summed E-state index contributed by atoms with van der Waals surface area (Å²) in [7, 11) is 0. The van der Waals surface area contributed by atoms with E-state index in [4.69, 9.17) is 11.6 Å². The van der Waals surface area contributed by atoms with E-state index in [-0.39, 0.29) is 27.6 Å². The number of nitrogens with zero attached hydrogens (tertiary/aromatic N) is 1. The number of halogens is 3. The van der Waals surface area contributed by atoms with Gasteiger partial charge >= 0.3 is 5.97 Å². The molecule has 0 amide bonds. The third kappa shape index (κ3) is 5.29. The molecule has 1 heterocycles. The van der Waals surface area contributed by atoms with E-state index >= 15 is 0 Å². The van der Waals surface area contributed by atoms with Gasteiger partial charge in [-0.2, -0.15) is 0 Å². The molecule has 0 saturated carbocycles. The highest BCUT2D eigenvalue weighted by molar-refractivity contribution is 6.31. The maximum Gasteiger partial charge on any atom is 0.335 e. The van der Waals surface area contributed by atoms with E-state index in [9.17, 15) is 18.7 Å². The summed E-state index contributed by atoms with van der Waals surface area (Å²) in [6.45, 7) is 5.62. The summed E-state index contributed by atoms with van der Waals surface area (Å²) in [4.78, 5) is 19.4. The minimum absolute atomic E-state index is 0.150. The minimum atomic E-state index is -1.03. The number of fused-ring (bicyclic) bond motifs is 1. The molecule has 3 aromatic carbocycles. The zero-order valence-electron chi connectivity index (χ0n) is 19.4. The van der Waals surface area contributed by atoms with Crippen molar-refractivity contribution in [2.45, 2.75) is 19.3 Å². The number of aromatic nitrogens is 2. The van der Waals surface area contributed by atoms with Crippen molar-refractivity contribution in [2.24, 2.45) is 0 Å². The van der Waals surface area contributed by atoms with Crippen LogP contribution in [0.25, 0.3) is 16.6 Å². The van der Waals surface area contributed by atoms with Gasteiger partial charge in [0.2, 0.25) is 0 Å². The van der Waals surface area contributed by atoms with Crippen LogP contribution in [0.1, 0.15) is 40.2 Å². The summed E-state index contributed by atoms with van der Waals surface area (Å²) in [6.07, 6.45) is 5.36. The van der Waals surface area contributed by atoms with E-state index in [0.29, 0.717) is 23.3 Å². The number of H-pyrrole nitrogens is 1. The molecule has 4 rings (SSSR count). The maximum absolute atomic E-state index is 14.6. The van der Waals surface area contributed by atoms with Gasteiger partial charge in [0, 0.05) is 5.92 Å². The molecule has 36 heavy (non-hydrogen) atoms. The number of rotatable bonds is 8. The number of aromatic carboxylic acids is 1. The van der Waals surface area contributed by atoms with Gasteiger partial charge in [-0.3, -0.25) is 0 Å². The second-order valence-corrected chi connectivity index (χ2v) is 8.76. The van der Waals surface area contributed by atoms with Gasteiger partial charge in [-0.15, -0.1) is 0 Å². The molecule has 1 atom stereocenters. The van der Waals surface area contributed by atoms with Crippen molar-refractivity contribution in [3.8, 4) is 0 Å². The number of imidazole rings is 1. The molecule has 0 saturated heterocycles. The van der Waals surface area contributed by atoms with E-state index in [1.165, 1.54) is 24.3 Å². The Labute approximate surface area is 212 Å². The van der Waals surface area contributed by atoms with Crippen LogP contribution in [-0.4, -0.2) is 21.0 Å². The largest absolute Gasteiger partial charge is 0.478 e. The van der Waals surface area contributed by atoms with Gasteiger partial charge in [0.25, 0.3) is 0 Å². The molecule has 0 bridgehead atoms. The summed E-state index contributed by atoms with van der Waals surface area (Å²) in [5, 5.41) is 9.14. The molecule has 7 heteroatoms. The van der Waals surface area contributed by atoms with E-state index < -0.39 is 17.6 Å². The highest BCUT2D eigenvalue weighted by Gasteiger charge is 2.20. The van der Waals surface area contributed by atoms with Gasteiger partial charge in [0.1, 0.15) is 11.6 Å². The molecule has 0 spiro atoms. The Hall–Kier alpha value is -4.03. The van der Waals surface area contributed by atoms with Crippen molar-refractivity contribution in [1.82, 2.24) is 9.97 Å². The first-order chi connectivity index (χ1) is 17.3. The Morgan fingerprint density at radius 3 is 2.58 bits per heavy atom. The van der Waals surface area contributed by atoms with Gasteiger partial charge in [0.05, 0.1) is 27.2 Å². The molecule has 0 aliphatic carbocycles. The van der Waals surface area contributed by atoms with Crippen molar-refractivity contribution in [1.29, 1.82) is 0 Å². The normalized spacial score (nSPS) is 13.1. The van der Waals surface area contributed by atoms with Crippen LogP contribution in [0.4, 0.5) is 8.78 Å². The standard InChI is InChI=1S/C29H23ClF2N2O2/c1-3-19(26-23(31)13-12-22(30)27(26)32)10-9-17(2)21(15-18-7-5-4-6-8-18)28-33-24-14-11-20(29(35)36)16-25(24)34-28/h3-14,16,21H,1,15H2,2H3,(H,33,34)(H,35,36)/b17-9+,19-10+/t21-/m1/s1. The van der Waals surface area contributed by atoms with E-state index in [0.717, 1.165) is 17.2 Å². The zero-order valence-corrected chi connectivity index (χ0v) is 20.2. The lowest BCUT2D eigenvalue weighted by Gasteiger charge is -2.16. The highest BCUT2D eigenvalue weighted by Crippen LogP contribution is 2.31. The molecule has 0 aliphatic rings. The van der Waals surface area contributed by atoms with Crippen molar-refractivity contribution in [3.05, 3.63) is 130 Å². The Morgan fingerprint density at radius 2 is 1.89 bits per heavy atom. The number of hydrogen-bond donors (Lipinski definition) is 2. The molecule has 0 fully saturated rings. The summed E-state index contributed by atoms with van der Waals surface area (Å²) in [6, 6.07) is 16.9. The van der Waals surface area contributed by atoms with Crippen LogP contribution in [0.2, 0.25) is 5.02 Å². The predicted molar refractivity (Wildman–Crippen MR) is 139 cm³/mol. The molecular weight excluding hydrogens is 482 g/mol. The fraction of sp³-hybridized carbons (Fsp3) is 0.103. The summed E-state index contributed by atoms with van der Waals surface area (Å²) in [5.74, 6) is -2.17. The van der Waals surface area contributed by atoms with E-state index in [1.54, 1.807) is 18.2 Å². The number of aromatic amines is 1. The van der Waals surface area contributed by atoms with Gasteiger partial charge in [-0.05, 0) is 54.8 Å². The topological polar surface area (TPSA) is 66.0 Å². The molecule has 182 valence electrons. The molecule has 4 nitrogen and oxygen atoms in total. The SMILES string of the molecule is C=C/C(=C\C=C(/C)[C@@H](Cc1ccccc1)c1nc2cc(C(=O)O)ccc2[nH]1)c1c(F)ccc(Cl)c1F. The second kappa shape index (κ2) is 10.7. The first kappa shape index (κ1) is 25.1. The van der Waals surface area contributed by atoms with Crippen LogP contribution in [0.3, 0.4) is 0 Å². The molecule has 0 aliphatic heterocycles. The smallest absolute Gasteiger partial charge is 0.335 e. The first-order valence-corrected chi connectivity index (χ1v) is 11.6. The molecule has 2 N–H and O–H groups in total.